The van der Waals surface area contributed by atoms with Crippen molar-refractivity contribution in [1.29, 1.82) is 0 Å². The molecule has 0 fully saturated rings. The van der Waals surface area contributed by atoms with E-state index >= 15 is 0 Å². The average molecular weight is 854 g/mol. The Labute approximate surface area is 345 Å². The van der Waals surface area contributed by atoms with Crippen LogP contribution in [-0.2, 0) is 19.5 Å². The van der Waals surface area contributed by atoms with Gasteiger partial charge in [-0.1, -0.05) is 30.3 Å². The van der Waals surface area contributed by atoms with Crippen LogP contribution in [0, 0.1) is 27.7 Å². The van der Waals surface area contributed by atoms with Crippen LogP contribution < -0.4 is 0 Å². The number of hydrogen-bond acceptors (Lipinski definition) is 9. The molecule has 10 rings (SSSR count). The Balaban J connectivity index is 0.000000141. The first kappa shape index (κ1) is 38.4. The smallest absolute Gasteiger partial charge is 0.148 e. The number of fused-ring (bicyclic) bond motifs is 6. The maximum atomic E-state index is 4.95. The fraction of sp³-hybridized carbons (Fsp3) is 0.0889. The largest absolute Gasteiger partial charge is 0.337 e. The van der Waals surface area contributed by atoms with E-state index in [9.17, 15) is 0 Å². The third-order valence-electron chi connectivity index (χ3n) is 8.75. The number of thiophene rings is 2. The Bertz CT molecular complexity index is 2650. The van der Waals surface area contributed by atoms with Crippen LogP contribution in [0.1, 0.15) is 22.8 Å². The second kappa shape index (κ2) is 17.3. The van der Waals surface area contributed by atoms with Gasteiger partial charge in [0.2, 0.25) is 0 Å². The van der Waals surface area contributed by atoms with Crippen molar-refractivity contribution in [3.05, 3.63) is 162 Å². The summed E-state index contributed by atoms with van der Waals surface area (Å²) in [4.78, 5) is 39.0. The summed E-state index contributed by atoms with van der Waals surface area (Å²) >= 11 is 3.51. The van der Waals surface area contributed by atoms with E-state index in [2.05, 4.69) is 76.7 Å². The van der Waals surface area contributed by atoms with Crippen molar-refractivity contribution in [2.45, 2.75) is 27.7 Å². The van der Waals surface area contributed by atoms with Gasteiger partial charge in [-0.05, 0) is 124 Å². The number of aromatic amines is 1. The molecule has 11 heteroatoms. The van der Waals surface area contributed by atoms with Gasteiger partial charge < -0.3 is 4.98 Å². The first-order chi connectivity index (χ1) is 26.9. The Hall–Kier alpha value is -5.87. The quantitative estimate of drug-likeness (QED) is 0.139. The van der Waals surface area contributed by atoms with Crippen molar-refractivity contribution in [3.63, 3.8) is 0 Å². The minimum absolute atomic E-state index is 0. The summed E-state index contributed by atoms with van der Waals surface area (Å²) in [6.45, 7) is 7.94. The maximum Gasteiger partial charge on any atom is 0.148 e. The average Bonchev–Trinajstić information content (AvgIpc) is 4.01. The van der Waals surface area contributed by atoms with Crippen LogP contribution in [0.3, 0.4) is 0 Å². The van der Waals surface area contributed by atoms with E-state index in [1.54, 1.807) is 22.7 Å². The molecule has 0 aliphatic heterocycles. The number of pyridine rings is 6. The molecular weight excluding hydrogens is 818 g/mol. The number of aryl methyl sites for hydroxylation is 4. The predicted octanol–water partition coefficient (Wildman–Crippen LogP) is 11.6. The molecule has 9 heterocycles. The van der Waals surface area contributed by atoms with E-state index in [1.165, 1.54) is 9.75 Å². The van der Waals surface area contributed by atoms with Crippen molar-refractivity contribution in [1.82, 2.24) is 39.9 Å². The Morgan fingerprint density at radius 1 is 0.429 bits per heavy atom. The van der Waals surface area contributed by atoms with Crippen molar-refractivity contribution < 1.29 is 19.5 Å². The van der Waals surface area contributed by atoms with E-state index in [-0.39, 0.29) is 19.5 Å². The summed E-state index contributed by atoms with van der Waals surface area (Å²) < 4.78 is 0. The zero-order valence-electron chi connectivity index (χ0n) is 31.1. The van der Waals surface area contributed by atoms with Crippen LogP contribution in [0.2, 0.25) is 0 Å². The van der Waals surface area contributed by atoms with Crippen LogP contribution >= 0.6 is 22.7 Å². The fourth-order valence-electron chi connectivity index (χ4n) is 6.22. The Morgan fingerprint density at radius 2 is 0.911 bits per heavy atom. The number of rotatable bonds is 4. The Morgan fingerprint density at radius 3 is 1.39 bits per heavy atom. The zero-order valence-corrected chi connectivity index (χ0v) is 34.5. The van der Waals surface area contributed by atoms with Crippen LogP contribution in [0.15, 0.2) is 139 Å². The van der Waals surface area contributed by atoms with Gasteiger partial charge in [0.05, 0.1) is 49.7 Å². The number of hydrogen-bond donors (Lipinski definition) is 1. The molecule has 0 saturated carbocycles. The standard InChI is InChI=1S/C21H12N4S2.2C12H12N2.Ru/c1-4-12-17(22-9-1)18-13(5-2-10-23-18)20-19(12)24-21(25-20)16-8-7-15(27-16)14-6-3-11-26-14;2*1-9-5-3-7-11(13-9)12-8-4-6-10(2)14-12;/h1-11H,(H,24,25);2*3-8H,1-2H3;. The van der Waals surface area contributed by atoms with E-state index in [0.717, 1.165) is 89.1 Å². The molecule has 0 aliphatic carbocycles. The number of nitrogens with one attached hydrogen (secondary N) is 1. The molecule has 0 aliphatic rings. The first-order valence-electron chi connectivity index (χ1n) is 17.8. The van der Waals surface area contributed by atoms with E-state index in [4.69, 9.17) is 4.98 Å². The normalized spacial score (nSPS) is 10.7. The van der Waals surface area contributed by atoms with Gasteiger partial charge in [0.15, 0.2) is 0 Å². The second-order valence-corrected chi connectivity index (χ2v) is 14.9. The number of nitrogens with zero attached hydrogens (tertiary/aromatic N) is 7. The minimum atomic E-state index is 0. The van der Waals surface area contributed by atoms with Crippen molar-refractivity contribution >= 4 is 55.5 Å². The molecule has 56 heavy (non-hydrogen) atoms. The van der Waals surface area contributed by atoms with Gasteiger partial charge in [-0.3, -0.25) is 29.9 Å². The molecule has 8 nitrogen and oxygen atoms in total. The number of benzene rings is 1. The molecule has 0 unspecified atom stereocenters. The van der Waals surface area contributed by atoms with Crippen molar-refractivity contribution in [3.8, 4) is 43.2 Å². The molecule has 0 radical (unpaired) electrons. The van der Waals surface area contributed by atoms with Crippen LogP contribution in [0.5, 0.6) is 0 Å². The van der Waals surface area contributed by atoms with Crippen molar-refractivity contribution in [2.75, 3.05) is 0 Å². The molecule has 0 bridgehead atoms. The molecule has 0 spiro atoms. The first-order valence-corrected chi connectivity index (χ1v) is 19.5. The second-order valence-electron chi connectivity index (χ2n) is 12.9. The van der Waals surface area contributed by atoms with Crippen LogP contribution in [0.4, 0.5) is 0 Å². The topological polar surface area (TPSA) is 106 Å². The van der Waals surface area contributed by atoms with Gasteiger partial charge in [-0.15, -0.1) is 22.7 Å². The molecule has 9 aromatic heterocycles. The summed E-state index contributed by atoms with van der Waals surface area (Å²) in [5, 5.41) is 4.18. The molecule has 276 valence electrons. The molecule has 1 N–H and O–H groups in total. The Kier molecular flexibility index (Phi) is 11.9. The summed E-state index contributed by atoms with van der Waals surface area (Å²) in [6, 6.07) is 40.5. The van der Waals surface area contributed by atoms with Crippen LogP contribution in [0.25, 0.3) is 76.1 Å². The number of imidazole rings is 1. The van der Waals surface area contributed by atoms with Gasteiger partial charge in [-0.25, -0.2) is 4.98 Å². The van der Waals surface area contributed by atoms with Gasteiger partial charge in [0.25, 0.3) is 0 Å². The SMILES string of the molecule is Cc1cccc(-c2cccc(C)n2)n1.Cc1cccc(-c2cccc(C)n2)n1.[Ru].c1csc(-c2ccc(-c3nc4c5cccnc5c5ncccc5c4[nH]3)s2)c1. The molecule has 0 saturated heterocycles. The summed E-state index contributed by atoms with van der Waals surface area (Å²) in [7, 11) is 0. The molecule has 1 aromatic carbocycles. The van der Waals surface area contributed by atoms with Gasteiger partial charge >= 0.3 is 0 Å². The maximum absolute atomic E-state index is 4.95. The molecular formula is C45H36N8RuS2. The number of H-pyrrole nitrogens is 1. The van der Waals surface area contributed by atoms with Gasteiger partial charge in [0.1, 0.15) is 5.82 Å². The molecule has 10 aromatic rings. The molecule has 0 amide bonds. The van der Waals surface area contributed by atoms with Gasteiger partial charge in [-0.2, -0.15) is 0 Å². The summed E-state index contributed by atoms with van der Waals surface area (Å²) in [5.41, 5.74) is 11.6. The third kappa shape index (κ3) is 8.50. The molecule has 0 atom stereocenters. The van der Waals surface area contributed by atoms with E-state index in [0.29, 0.717) is 0 Å². The van der Waals surface area contributed by atoms with Gasteiger partial charge in [0, 0.05) is 75.2 Å². The monoisotopic (exact) mass is 854 g/mol. The van der Waals surface area contributed by atoms with Crippen molar-refractivity contribution in [2.24, 2.45) is 0 Å². The van der Waals surface area contributed by atoms with E-state index < -0.39 is 0 Å². The third-order valence-corrected chi connectivity index (χ3v) is 10.9. The summed E-state index contributed by atoms with van der Waals surface area (Å²) in [6.07, 6.45) is 3.62. The number of aromatic nitrogens is 8. The summed E-state index contributed by atoms with van der Waals surface area (Å²) in [5.74, 6) is 0.888. The van der Waals surface area contributed by atoms with Crippen LogP contribution in [-0.4, -0.2) is 39.9 Å². The fourth-order valence-corrected chi connectivity index (χ4v) is 8.01. The van der Waals surface area contributed by atoms with E-state index in [1.807, 2.05) is 125 Å². The predicted molar refractivity (Wildman–Crippen MR) is 227 cm³/mol. The minimum Gasteiger partial charge on any atom is -0.337 e. The zero-order chi connectivity index (χ0) is 37.7.